The monoisotopic (exact) mass is 452 g/mol. The maximum Gasteiger partial charge on any atom is 0.373 e. The van der Waals surface area contributed by atoms with Crippen molar-refractivity contribution in [1.82, 2.24) is 9.88 Å². The van der Waals surface area contributed by atoms with E-state index in [0.29, 0.717) is 23.6 Å². The van der Waals surface area contributed by atoms with Crippen LogP contribution in [0.1, 0.15) is 29.7 Å². The molecule has 3 aromatic rings. The third-order valence-corrected chi connectivity index (χ3v) is 5.90. The van der Waals surface area contributed by atoms with Crippen LogP contribution >= 0.6 is 11.6 Å². The Hall–Kier alpha value is -3.67. The SMILES string of the molecule is CC(=O)C1=C(O)C(=O)N(CCc2c[nH]c3ccccc23)C1c1ccc(C)c(Cl)c1.O=C=O. The Balaban J connectivity index is 0.000000913. The van der Waals surface area contributed by atoms with Crippen LogP contribution in [0.25, 0.3) is 10.9 Å². The normalized spacial score (nSPS) is 15.5. The number of H-pyrrole nitrogens is 1. The minimum absolute atomic E-state index is 0.119. The molecule has 0 bridgehead atoms. The number of aromatic nitrogens is 1. The van der Waals surface area contributed by atoms with E-state index in [1.54, 1.807) is 11.0 Å². The quantitative estimate of drug-likeness (QED) is 0.606. The number of ketones is 1. The number of aromatic amines is 1. The molecule has 1 aromatic heterocycles. The molecule has 8 heteroatoms. The summed E-state index contributed by atoms with van der Waals surface area (Å²) in [6.07, 6.45) is 2.77. The first-order valence-corrected chi connectivity index (χ1v) is 10.2. The average molecular weight is 453 g/mol. The zero-order valence-electron chi connectivity index (χ0n) is 17.5. The molecule has 1 amide bonds. The van der Waals surface area contributed by atoms with Gasteiger partial charge in [-0.05, 0) is 49.1 Å². The van der Waals surface area contributed by atoms with Crippen LogP contribution in [-0.4, -0.2) is 39.4 Å². The lowest BCUT2D eigenvalue weighted by atomic mass is 9.95. The van der Waals surface area contributed by atoms with E-state index in [1.807, 2.05) is 49.5 Å². The molecule has 0 saturated heterocycles. The van der Waals surface area contributed by atoms with E-state index in [9.17, 15) is 14.7 Å². The number of Topliss-reactive ketones (excluding diaryl/α,β-unsaturated/α-hetero) is 1. The number of aliphatic hydroxyl groups excluding tert-OH is 1. The van der Waals surface area contributed by atoms with Crippen LogP contribution in [0, 0.1) is 6.92 Å². The van der Waals surface area contributed by atoms with Crippen molar-refractivity contribution in [3.8, 4) is 0 Å². The molecule has 7 nitrogen and oxygen atoms in total. The van der Waals surface area contributed by atoms with Crippen LogP contribution in [-0.2, 0) is 25.6 Å². The van der Waals surface area contributed by atoms with E-state index in [0.717, 1.165) is 22.0 Å². The Kier molecular flexibility index (Phi) is 6.93. The van der Waals surface area contributed by atoms with Crippen molar-refractivity contribution in [2.45, 2.75) is 26.3 Å². The molecule has 0 spiro atoms. The predicted octanol–water partition coefficient (Wildman–Crippen LogP) is 4.07. The van der Waals surface area contributed by atoms with Crippen LogP contribution in [0.4, 0.5) is 0 Å². The molecular formula is C24H21ClN2O5. The van der Waals surface area contributed by atoms with Gasteiger partial charge < -0.3 is 15.0 Å². The van der Waals surface area contributed by atoms with Gasteiger partial charge in [0.1, 0.15) is 0 Å². The predicted molar refractivity (Wildman–Crippen MR) is 118 cm³/mol. The maximum absolute atomic E-state index is 12.8. The van der Waals surface area contributed by atoms with Gasteiger partial charge in [-0.2, -0.15) is 9.59 Å². The van der Waals surface area contributed by atoms with E-state index in [4.69, 9.17) is 21.2 Å². The number of fused-ring (bicyclic) bond motifs is 1. The van der Waals surface area contributed by atoms with Gasteiger partial charge in [0, 0.05) is 28.7 Å². The van der Waals surface area contributed by atoms with Crippen LogP contribution < -0.4 is 0 Å². The highest BCUT2D eigenvalue weighted by Gasteiger charge is 2.42. The van der Waals surface area contributed by atoms with E-state index < -0.39 is 17.7 Å². The minimum Gasteiger partial charge on any atom is -0.503 e. The number of carbonyl (C=O) groups is 2. The molecule has 1 unspecified atom stereocenters. The van der Waals surface area contributed by atoms with Crippen LogP contribution in [0.5, 0.6) is 0 Å². The second kappa shape index (κ2) is 9.64. The molecule has 1 aliphatic heterocycles. The summed E-state index contributed by atoms with van der Waals surface area (Å²) >= 11 is 6.29. The molecule has 1 aliphatic rings. The zero-order chi connectivity index (χ0) is 23.4. The second-order valence-electron chi connectivity index (χ2n) is 7.42. The van der Waals surface area contributed by atoms with Gasteiger partial charge in [-0.25, -0.2) is 0 Å². The molecule has 164 valence electrons. The molecule has 2 heterocycles. The standard InChI is InChI=1S/C23H21ClN2O3.CO2/c1-13-7-8-15(11-18(13)24)21-20(14(2)27)22(28)23(29)26(21)10-9-16-12-25-19-6-4-3-5-17(16)19;2-1-3/h3-8,11-12,21,25,28H,9-10H2,1-2H3;. The first-order valence-electron chi connectivity index (χ1n) is 9.85. The number of benzene rings is 2. The van der Waals surface area contributed by atoms with E-state index >= 15 is 0 Å². The zero-order valence-corrected chi connectivity index (χ0v) is 18.3. The summed E-state index contributed by atoms with van der Waals surface area (Å²) in [5, 5.41) is 12.1. The molecule has 1 atom stereocenters. The van der Waals surface area contributed by atoms with Crippen LogP contribution in [0.3, 0.4) is 0 Å². The largest absolute Gasteiger partial charge is 0.503 e. The van der Waals surface area contributed by atoms with Gasteiger partial charge in [0.05, 0.1) is 11.6 Å². The minimum atomic E-state index is -0.650. The lowest BCUT2D eigenvalue weighted by Crippen LogP contribution is -2.32. The van der Waals surface area contributed by atoms with Crippen molar-refractivity contribution in [2.24, 2.45) is 0 Å². The van der Waals surface area contributed by atoms with E-state index in [2.05, 4.69) is 4.98 Å². The molecule has 0 aliphatic carbocycles. The third kappa shape index (κ3) is 4.35. The molecule has 2 aromatic carbocycles. The summed E-state index contributed by atoms with van der Waals surface area (Å²) in [5.41, 5.74) is 3.84. The second-order valence-corrected chi connectivity index (χ2v) is 7.83. The van der Waals surface area contributed by atoms with Crippen molar-refractivity contribution in [3.63, 3.8) is 0 Å². The van der Waals surface area contributed by atoms with Crippen LogP contribution in [0.2, 0.25) is 5.02 Å². The highest BCUT2D eigenvalue weighted by atomic mass is 35.5. The Morgan fingerprint density at radius 1 is 1.22 bits per heavy atom. The number of aliphatic hydroxyl groups is 1. The summed E-state index contributed by atoms with van der Waals surface area (Å²) < 4.78 is 0. The highest BCUT2D eigenvalue weighted by molar-refractivity contribution is 6.31. The topological polar surface area (TPSA) is 108 Å². The molecule has 32 heavy (non-hydrogen) atoms. The number of para-hydroxylation sites is 1. The fourth-order valence-corrected chi connectivity index (χ4v) is 4.14. The number of carbonyl (C=O) groups excluding carboxylic acids is 4. The maximum atomic E-state index is 12.8. The van der Waals surface area contributed by atoms with Crippen molar-refractivity contribution < 1.29 is 24.3 Å². The number of hydrogen-bond donors (Lipinski definition) is 2. The number of amides is 1. The van der Waals surface area contributed by atoms with Crippen molar-refractivity contribution in [2.75, 3.05) is 6.54 Å². The fourth-order valence-electron chi connectivity index (χ4n) is 3.95. The van der Waals surface area contributed by atoms with Gasteiger partial charge in [0.2, 0.25) is 0 Å². The lowest BCUT2D eigenvalue weighted by Gasteiger charge is -2.27. The van der Waals surface area contributed by atoms with E-state index in [-0.39, 0.29) is 17.5 Å². The van der Waals surface area contributed by atoms with Gasteiger partial charge in [-0.15, -0.1) is 0 Å². The Morgan fingerprint density at radius 3 is 2.56 bits per heavy atom. The number of halogens is 1. The summed E-state index contributed by atoms with van der Waals surface area (Å²) in [7, 11) is 0. The van der Waals surface area contributed by atoms with Gasteiger partial charge in [-0.3, -0.25) is 9.59 Å². The Morgan fingerprint density at radius 2 is 1.91 bits per heavy atom. The smallest absolute Gasteiger partial charge is 0.373 e. The van der Waals surface area contributed by atoms with E-state index in [1.165, 1.54) is 6.92 Å². The van der Waals surface area contributed by atoms with Crippen LogP contribution in [0.15, 0.2) is 60.0 Å². The molecule has 4 rings (SSSR count). The molecule has 0 saturated carbocycles. The summed E-state index contributed by atoms with van der Waals surface area (Å²) in [5.74, 6) is -1.33. The van der Waals surface area contributed by atoms with Crippen molar-refractivity contribution in [1.29, 1.82) is 0 Å². The molecular weight excluding hydrogens is 432 g/mol. The third-order valence-electron chi connectivity index (χ3n) is 5.49. The van der Waals surface area contributed by atoms with Gasteiger partial charge in [-0.1, -0.05) is 41.9 Å². The summed E-state index contributed by atoms with van der Waals surface area (Å²) in [6.45, 7) is 3.61. The Bertz CT molecular complexity index is 1250. The first-order chi connectivity index (χ1) is 15.3. The van der Waals surface area contributed by atoms with Gasteiger partial charge in [0.15, 0.2) is 11.5 Å². The fraction of sp³-hybridized carbons (Fsp3) is 0.208. The number of hydrogen-bond acceptors (Lipinski definition) is 5. The van der Waals surface area contributed by atoms with Gasteiger partial charge in [0.25, 0.3) is 5.91 Å². The number of aryl methyl sites for hydroxylation is 1. The molecule has 0 fully saturated rings. The van der Waals surface area contributed by atoms with Crippen molar-refractivity contribution in [3.05, 3.63) is 81.7 Å². The first kappa shape index (κ1) is 23.0. The van der Waals surface area contributed by atoms with Gasteiger partial charge >= 0.3 is 6.15 Å². The summed E-state index contributed by atoms with van der Waals surface area (Å²) in [4.78, 5) is 46.1. The Labute approximate surface area is 189 Å². The number of nitrogens with zero attached hydrogens (tertiary/aromatic N) is 1. The summed E-state index contributed by atoms with van der Waals surface area (Å²) in [6, 6.07) is 12.8. The average Bonchev–Trinajstić information content (AvgIpc) is 3.28. The number of rotatable bonds is 5. The lowest BCUT2D eigenvalue weighted by molar-refractivity contribution is -0.191. The molecule has 2 N–H and O–H groups in total. The molecule has 0 radical (unpaired) electrons. The van der Waals surface area contributed by atoms with Crippen molar-refractivity contribution >= 4 is 40.3 Å². The highest BCUT2D eigenvalue weighted by Crippen LogP contribution is 2.39. The number of nitrogens with one attached hydrogen (secondary N) is 1.